The summed E-state index contributed by atoms with van der Waals surface area (Å²) < 4.78 is 1.71. The minimum atomic E-state index is -0.988. The fraction of sp³-hybridized carbons (Fsp3) is 0.286. The van der Waals surface area contributed by atoms with Crippen LogP contribution in [0.1, 0.15) is 35.1 Å². The minimum absolute atomic E-state index is 0.0963. The van der Waals surface area contributed by atoms with Crippen LogP contribution < -0.4 is 0 Å². The van der Waals surface area contributed by atoms with E-state index in [1.165, 1.54) is 5.56 Å². The van der Waals surface area contributed by atoms with Crippen molar-refractivity contribution in [2.75, 3.05) is 0 Å². The first-order valence-electron chi connectivity index (χ1n) is 6.01. The Morgan fingerprint density at radius 2 is 2.00 bits per heavy atom. The Kier molecular flexibility index (Phi) is 3.46. The van der Waals surface area contributed by atoms with Crippen molar-refractivity contribution in [2.24, 2.45) is 0 Å². The highest BCUT2D eigenvalue weighted by Gasteiger charge is 2.13. The van der Waals surface area contributed by atoms with Gasteiger partial charge in [-0.25, -0.2) is 9.48 Å². The Bertz CT molecular complexity index is 556. The standard InChI is InChI=1S/C14H16N2O2/c1-3-4-12-9-13(14(17)18)15-16(12)11-7-5-10(2)6-8-11/h5-9H,3-4H2,1-2H3,(H,17,18). The number of hydrogen-bond donors (Lipinski definition) is 1. The number of carbonyl (C=O) groups is 1. The zero-order chi connectivity index (χ0) is 13.1. The quantitative estimate of drug-likeness (QED) is 0.899. The van der Waals surface area contributed by atoms with E-state index in [1.807, 2.05) is 31.2 Å². The molecule has 0 aliphatic heterocycles. The molecule has 1 aromatic carbocycles. The molecule has 0 radical (unpaired) electrons. The van der Waals surface area contributed by atoms with Gasteiger partial charge in [0.1, 0.15) is 0 Å². The van der Waals surface area contributed by atoms with E-state index >= 15 is 0 Å². The molecule has 0 saturated heterocycles. The summed E-state index contributed by atoms with van der Waals surface area (Å²) in [5, 5.41) is 13.2. The van der Waals surface area contributed by atoms with Gasteiger partial charge in [-0.2, -0.15) is 5.10 Å². The third-order valence-corrected chi connectivity index (χ3v) is 2.79. The largest absolute Gasteiger partial charge is 0.476 e. The summed E-state index contributed by atoms with van der Waals surface area (Å²) >= 11 is 0. The van der Waals surface area contributed by atoms with E-state index < -0.39 is 5.97 Å². The first-order chi connectivity index (χ1) is 8.61. The number of aromatic carboxylic acids is 1. The molecule has 0 bridgehead atoms. The molecular weight excluding hydrogens is 228 g/mol. The molecular formula is C14H16N2O2. The molecule has 1 heterocycles. The van der Waals surface area contributed by atoms with Crippen molar-refractivity contribution in [3.63, 3.8) is 0 Å². The van der Waals surface area contributed by atoms with E-state index in [-0.39, 0.29) is 5.69 Å². The number of benzene rings is 1. The summed E-state index contributed by atoms with van der Waals surface area (Å²) in [7, 11) is 0. The third-order valence-electron chi connectivity index (χ3n) is 2.79. The van der Waals surface area contributed by atoms with Gasteiger partial charge >= 0.3 is 5.97 Å². The zero-order valence-corrected chi connectivity index (χ0v) is 10.6. The zero-order valence-electron chi connectivity index (χ0n) is 10.6. The van der Waals surface area contributed by atoms with Crippen molar-refractivity contribution in [3.8, 4) is 5.69 Å². The SMILES string of the molecule is CCCc1cc(C(=O)O)nn1-c1ccc(C)cc1. The van der Waals surface area contributed by atoms with Crippen LogP contribution in [-0.2, 0) is 6.42 Å². The van der Waals surface area contributed by atoms with Gasteiger partial charge in [-0.15, -0.1) is 0 Å². The molecule has 1 N–H and O–H groups in total. The van der Waals surface area contributed by atoms with Crippen molar-refractivity contribution in [1.82, 2.24) is 9.78 Å². The Labute approximate surface area is 106 Å². The maximum Gasteiger partial charge on any atom is 0.356 e. The van der Waals surface area contributed by atoms with Crippen molar-refractivity contribution < 1.29 is 9.90 Å². The number of rotatable bonds is 4. The second kappa shape index (κ2) is 5.04. The smallest absolute Gasteiger partial charge is 0.356 e. The van der Waals surface area contributed by atoms with Gasteiger partial charge < -0.3 is 5.11 Å². The molecule has 18 heavy (non-hydrogen) atoms. The Balaban J connectivity index is 2.47. The third kappa shape index (κ3) is 2.42. The Morgan fingerprint density at radius 3 is 2.56 bits per heavy atom. The Hall–Kier alpha value is -2.10. The number of hydrogen-bond acceptors (Lipinski definition) is 2. The van der Waals surface area contributed by atoms with Crippen molar-refractivity contribution in [2.45, 2.75) is 26.7 Å². The van der Waals surface area contributed by atoms with Crippen LogP contribution in [0.5, 0.6) is 0 Å². The average Bonchev–Trinajstić information content (AvgIpc) is 2.75. The lowest BCUT2D eigenvalue weighted by Crippen LogP contribution is -2.03. The highest BCUT2D eigenvalue weighted by molar-refractivity contribution is 5.85. The van der Waals surface area contributed by atoms with Gasteiger partial charge in [0.05, 0.1) is 5.69 Å². The minimum Gasteiger partial charge on any atom is -0.476 e. The number of nitrogens with zero attached hydrogens (tertiary/aromatic N) is 2. The van der Waals surface area contributed by atoms with E-state index in [9.17, 15) is 4.79 Å². The number of aryl methyl sites for hydroxylation is 2. The molecule has 0 unspecified atom stereocenters. The van der Waals surface area contributed by atoms with Gasteiger partial charge in [0.2, 0.25) is 0 Å². The number of aromatic nitrogens is 2. The monoisotopic (exact) mass is 244 g/mol. The van der Waals surface area contributed by atoms with Crippen LogP contribution in [0.25, 0.3) is 5.69 Å². The maximum atomic E-state index is 11.0. The molecule has 2 aromatic rings. The number of carboxylic acid groups (broad SMARTS) is 1. The number of carboxylic acids is 1. The van der Waals surface area contributed by atoms with Gasteiger partial charge in [0, 0.05) is 5.69 Å². The van der Waals surface area contributed by atoms with Gasteiger partial charge in [-0.3, -0.25) is 0 Å². The molecule has 0 atom stereocenters. The van der Waals surface area contributed by atoms with Crippen LogP contribution in [0.15, 0.2) is 30.3 Å². The summed E-state index contributed by atoms with van der Waals surface area (Å²) in [6, 6.07) is 9.53. The topological polar surface area (TPSA) is 55.1 Å². The van der Waals surface area contributed by atoms with E-state index in [0.717, 1.165) is 24.2 Å². The summed E-state index contributed by atoms with van der Waals surface area (Å²) in [6.45, 7) is 4.08. The van der Waals surface area contributed by atoms with Crippen LogP contribution in [0, 0.1) is 6.92 Å². The summed E-state index contributed by atoms with van der Waals surface area (Å²) in [5.74, 6) is -0.988. The van der Waals surface area contributed by atoms with E-state index in [2.05, 4.69) is 12.0 Å². The normalized spacial score (nSPS) is 10.6. The van der Waals surface area contributed by atoms with Gasteiger partial charge in [0.15, 0.2) is 5.69 Å². The first kappa shape index (κ1) is 12.4. The fourth-order valence-electron chi connectivity index (χ4n) is 1.87. The molecule has 0 fully saturated rings. The van der Waals surface area contributed by atoms with Gasteiger partial charge in [-0.1, -0.05) is 31.0 Å². The van der Waals surface area contributed by atoms with Crippen molar-refractivity contribution >= 4 is 5.97 Å². The molecule has 0 saturated carbocycles. The lowest BCUT2D eigenvalue weighted by atomic mass is 10.2. The fourth-order valence-corrected chi connectivity index (χ4v) is 1.87. The molecule has 2 rings (SSSR count). The van der Waals surface area contributed by atoms with Gasteiger partial charge in [-0.05, 0) is 31.5 Å². The summed E-state index contributed by atoms with van der Waals surface area (Å²) in [5.41, 5.74) is 3.09. The molecule has 4 heteroatoms. The second-order valence-electron chi connectivity index (χ2n) is 4.32. The van der Waals surface area contributed by atoms with Crippen LogP contribution >= 0.6 is 0 Å². The molecule has 0 aliphatic carbocycles. The van der Waals surface area contributed by atoms with Crippen LogP contribution in [-0.4, -0.2) is 20.9 Å². The Morgan fingerprint density at radius 1 is 1.33 bits per heavy atom. The van der Waals surface area contributed by atoms with Crippen LogP contribution in [0.2, 0.25) is 0 Å². The summed E-state index contributed by atoms with van der Waals surface area (Å²) in [4.78, 5) is 11.0. The van der Waals surface area contributed by atoms with Crippen molar-refractivity contribution in [3.05, 3.63) is 47.3 Å². The predicted molar refractivity (Wildman–Crippen MR) is 69.3 cm³/mol. The predicted octanol–water partition coefficient (Wildman–Crippen LogP) is 2.83. The van der Waals surface area contributed by atoms with Crippen molar-refractivity contribution in [1.29, 1.82) is 0 Å². The molecule has 94 valence electrons. The van der Waals surface area contributed by atoms with Gasteiger partial charge in [0.25, 0.3) is 0 Å². The maximum absolute atomic E-state index is 11.0. The lowest BCUT2D eigenvalue weighted by Gasteiger charge is -2.06. The first-order valence-corrected chi connectivity index (χ1v) is 6.01. The van der Waals surface area contributed by atoms with Crippen LogP contribution in [0.3, 0.4) is 0 Å². The molecule has 4 nitrogen and oxygen atoms in total. The summed E-state index contributed by atoms with van der Waals surface area (Å²) in [6.07, 6.45) is 1.77. The second-order valence-corrected chi connectivity index (χ2v) is 4.32. The van der Waals surface area contributed by atoms with Crippen LogP contribution in [0.4, 0.5) is 0 Å². The highest BCUT2D eigenvalue weighted by Crippen LogP contribution is 2.15. The van der Waals surface area contributed by atoms with E-state index in [4.69, 9.17) is 5.11 Å². The molecule has 0 spiro atoms. The van der Waals surface area contributed by atoms with E-state index in [1.54, 1.807) is 10.7 Å². The lowest BCUT2D eigenvalue weighted by molar-refractivity contribution is 0.0690. The highest BCUT2D eigenvalue weighted by atomic mass is 16.4. The average molecular weight is 244 g/mol. The molecule has 0 amide bonds. The molecule has 1 aromatic heterocycles. The van der Waals surface area contributed by atoms with E-state index in [0.29, 0.717) is 0 Å². The molecule has 0 aliphatic rings.